The van der Waals surface area contributed by atoms with Gasteiger partial charge in [-0.3, -0.25) is 14.9 Å². The second-order valence-electron chi connectivity index (χ2n) is 9.11. The Morgan fingerprint density at radius 1 is 0.946 bits per heavy atom. The van der Waals surface area contributed by atoms with E-state index in [1.807, 2.05) is 0 Å². The monoisotopic (exact) mass is 592 g/mol. The van der Waals surface area contributed by atoms with Gasteiger partial charge in [0.25, 0.3) is 21.6 Å². The summed E-state index contributed by atoms with van der Waals surface area (Å²) in [5.74, 6) is -0.671. The maximum Gasteiger partial charge on any atom is 0.294 e. The summed E-state index contributed by atoms with van der Waals surface area (Å²) in [5, 5.41) is 16.1. The first-order chi connectivity index (χ1) is 17.8. The fourth-order valence-corrected chi connectivity index (χ4v) is 6.12. The molecular formula is C26H33BrN4O5S. The molecule has 0 heterocycles. The van der Waals surface area contributed by atoms with Crippen molar-refractivity contribution in [3.8, 4) is 0 Å². The molecule has 200 valence electrons. The summed E-state index contributed by atoms with van der Waals surface area (Å²) in [7, 11) is -4.28. The Labute approximate surface area is 226 Å². The Morgan fingerprint density at radius 3 is 2.08 bits per heavy atom. The number of nitrogens with zero attached hydrogens (tertiary/aromatic N) is 3. The van der Waals surface area contributed by atoms with Crippen molar-refractivity contribution < 1.29 is 18.1 Å². The lowest BCUT2D eigenvalue weighted by Gasteiger charge is -2.23. The Kier molecular flexibility index (Phi) is 11.1. The predicted octanol–water partition coefficient (Wildman–Crippen LogP) is 6.33. The molecule has 3 rings (SSSR count). The molecule has 1 aliphatic carbocycles. The lowest BCUT2D eigenvalue weighted by atomic mass is 10.00. The van der Waals surface area contributed by atoms with Crippen LogP contribution >= 0.6 is 15.9 Å². The van der Waals surface area contributed by atoms with Crippen molar-refractivity contribution in [2.45, 2.75) is 75.5 Å². The Hall–Kier alpha value is -2.79. The van der Waals surface area contributed by atoms with E-state index in [2.05, 4.69) is 26.5 Å². The van der Waals surface area contributed by atoms with Crippen LogP contribution in [0.25, 0.3) is 0 Å². The minimum absolute atomic E-state index is 0.0781. The summed E-state index contributed by atoms with van der Waals surface area (Å²) >= 11 is 3.19. The predicted molar refractivity (Wildman–Crippen MR) is 148 cm³/mol. The number of anilines is 1. The number of hydrazone groups is 1. The number of amides is 1. The van der Waals surface area contributed by atoms with Gasteiger partial charge in [0, 0.05) is 16.3 Å². The second kappa shape index (κ2) is 14.2. The van der Waals surface area contributed by atoms with Crippen LogP contribution in [0.2, 0.25) is 0 Å². The zero-order valence-corrected chi connectivity index (χ0v) is 23.2. The normalized spacial score (nSPS) is 15.6. The highest BCUT2D eigenvalue weighted by Gasteiger charge is 2.32. The number of nitro benzene ring substituents is 1. The van der Waals surface area contributed by atoms with E-state index in [-0.39, 0.29) is 10.6 Å². The molecule has 1 saturated carbocycles. The Bertz CT molecular complexity index is 1190. The molecular weight excluding hydrogens is 560 g/mol. The van der Waals surface area contributed by atoms with Gasteiger partial charge in [-0.2, -0.15) is 5.10 Å². The van der Waals surface area contributed by atoms with Crippen molar-refractivity contribution in [1.82, 2.24) is 5.43 Å². The number of hydrogen-bond donors (Lipinski definition) is 1. The topological polar surface area (TPSA) is 122 Å². The number of carbonyl (C=O) groups excluding carboxylic acids is 1. The molecule has 11 heteroatoms. The zero-order valence-electron chi connectivity index (χ0n) is 20.8. The van der Waals surface area contributed by atoms with Crippen molar-refractivity contribution in [3.63, 3.8) is 0 Å². The maximum atomic E-state index is 13.5. The number of halogens is 1. The highest BCUT2D eigenvalue weighted by atomic mass is 79.9. The van der Waals surface area contributed by atoms with Crippen LogP contribution in [0, 0.1) is 10.1 Å². The number of hydrogen-bond acceptors (Lipinski definition) is 6. The van der Waals surface area contributed by atoms with Crippen LogP contribution in [-0.2, 0) is 14.8 Å². The zero-order chi connectivity index (χ0) is 26.7. The summed E-state index contributed by atoms with van der Waals surface area (Å²) in [5.41, 5.74) is 2.76. The summed E-state index contributed by atoms with van der Waals surface area (Å²) in [6.45, 7) is -0.656. The van der Waals surface area contributed by atoms with Gasteiger partial charge in [-0.05, 0) is 49.9 Å². The van der Waals surface area contributed by atoms with Gasteiger partial charge in [-0.1, -0.05) is 79.1 Å². The SMILES string of the molecule is O=C(CN(c1ccc(Br)cc1[N+](=O)[O-])S(=O)(=O)c1ccccc1)NN=C1CCCCCCCCCCC1. The number of nitro groups is 1. The quantitative estimate of drug-likeness (QED) is 0.297. The highest BCUT2D eigenvalue weighted by molar-refractivity contribution is 9.10. The average molecular weight is 594 g/mol. The van der Waals surface area contributed by atoms with Crippen molar-refractivity contribution in [1.29, 1.82) is 0 Å². The average Bonchev–Trinajstić information content (AvgIpc) is 2.87. The molecule has 1 amide bonds. The molecule has 2 aromatic carbocycles. The molecule has 0 radical (unpaired) electrons. The molecule has 1 N–H and O–H groups in total. The number of nitrogens with one attached hydrogen (secondary N) is 1. The van der Waals surface area contributed by atoms with Crippen molar-refractivity contribution in [2.24, 2.45) is 5.10 Å². The van der Waals surface area contributed by atoms with Gasteiger partial charge in [-0.15, -0.1) is 0 Å². The molecule has 0 unspecified atom stereocenters. The van der Waals surface area contributed by atoms with Crippen molar-refractivity contribution in [3.05, 3.63) is 63.1 Å². The molecule has 2 aromatic rings. The third kappa shape index (κ3) is 8.63. The van der Waals surface area contributed by atoms with Crippen LogP contribution in [0.15, 0.2) is 63.0 Å². The van der Waals surface area contributed by atoms with Crippen molar-refractivity contribution >= 4 is 48.9 Å². The molecule has 0 aliphatic heterocycles. The van der Waals surface area contributed by atoms with Gasteiger partial charge in [-0.25, -0.2) is 18.1 Å². The standard InChI is InChI=1S/C26H33BrN4O5S/c27-21-17-18-24(25(19-21)31(33)34)30(37(35,36)23-15-11-8-12-16-23)20-26(32)29-28-22-13-9-6-4-2-1-3-5-7-10-14-22/h8,11-12,15-19H,1-7,9-10,13-14,20H2,(H,29,32). The fraction of sp³-hybridized carbons (Fsp3) is 0.462. The van der Waals surface area contributed by atoms with E-state index in [9.17, 15) is 23.3 Å². The van der Waals surface area contributed by atoms with Gasteiger partial charge in [0.1, 0.15) is 12.2 Å². The summed E-state index contributed by atoms with van der Waals surface area (Å²) in [6, 6.07) is 11.6. The van der Waals surface area contributed by atoms with Crippen LogP contribution in [0.3, 0.4) is 0 Å². The fourth-order valence-electron chi connectivity index (χ4n) is 4.31. The minimum atomic E-state index is -4.28. The molecule has 0 saturated heterocycles. The maximum absolute atomic E-state index is 13.5. The largest absolute Gasteiger partial charge is 0.294 e. The number of carbonyl (C=O) groups is 1. The molecule has 0 aromatic heterocycles. The Balaban J connectivity index is 1.85. The summed E-state index contributed by atoms with van der Waals surface area (Å²) < 4.78 is 28.2. The molecule has 1 aliphatic rings. The van der Waals surface area contributed by atoms with E-state index in [4.69, 9.17) is 0 Å². The summed E-state index contributed by atoms with van der Waals surface area (Å²) in [6.07, 6.45) is 11.9. The molecule has 0 spiro atoms. The van der Waals surface area contributed by atoms with Crippen molar-refractivity contribution in [2.75, 3.05) is 10.8 Å². The van der Waals surface area contributed by atoms with Crippen LogP contribution in [0.4, 0.5) is 11.4 Å². The molecule has 37 heavy (non-hydrogen) atoms. The van der Waals surface area contributed by atoms with E-state index in [0.717, 1.165) is 48.5 Å². The third-order valence-corrected chi connectivity index (χ3v) is 8.56. The van der Waals surface area contributed by atoms with E-state index in [1.165, 1.54) is 62.4 Å². The van der Waals surface area contributed by atoms with Gasteiger partial charge >= 0.3 is 0 Å². The Morgan fingerprint density at radius 2 is 1.51 bits per heavy atom. The molecule has 0 bridgehead atoms. The first kappa shape index (κ1) is 28.8. The molecule has 1 fully saturated rings. The van der Waals surface area contributed by atoms with E-state index in [0.29, 0.717) is 4.47 Å². The number of sulfonamides is 1. The highest BCUT2D eigenvalue weighted by Crippen LogP contribution is 2.34. The van der Waals surface area contributed by atoms with E-state index >= 15 is 0 Å². The van der Waals surface area contributed by atoms with Gasteiger partial charge in [0.05, 0.1) is 9.82 Å². The summed E-state index contributed by atoms with van der Waals surface area (Å²) in [4.78, 5) is 24.0. The number of rotatable bonds is 7. The molecule has 0 atom stereocenters. The lowest BCUT2D eigenvalue weighted by molar-refractivity contribution is -0.384. The van der Waals surface area contributed by atoms with E-state index < -0.39 is 33.1 Å². The smallest absolute Gasteiger partial charge is 0.271 e. The van der Waals surface area contributed by atoms with Gasteiger partial charge in [0.2, 0.25) is 0 Å². The van der Waals surface area contributed by atoms with Gasteiger partial charge in [0.15, 0.2) is 0 Å². The van der Waals surface area contributed by atoms with Gasteiger partial charge < -0.3 is 0 Å². The minimum Gasteiger partial charge on any atom is -0.271 e. The number of benzene rings is 2. The second-order valence-corrected chi connectivity index (χ2v) is 11.9. The van der Waals surface area contributed by atoms with Crippen LogP contribution < -0.4 is 9.73 Å². The van der Waals surface area contributed by atoms with Crippen LogP contribution in [0.5, 0.6) is 0 Å². The van der Waals surface area contributed by atoms with Crippen LogP contribution in [-0.4, -0.2) is 31.5 Å². The third-order valence-electron chi connectivity index (χ3n) is 6.29. The van der Waals surface area contributed by atoms with E-state index in [1.54, 1.807) is 18.2 Å². The lowest BCUT2D eigenvalue weighted by Crippen LogP contribution is -2.40. The first-order valence-electron chi connectivity index (χ1n) is 12.6. The molecule has 9 nitrogen and oxygen atoms in total. The van der Waals surface area contributed by atoms with Crippen LogP contribution in [0.1, 0.15) is 70.6 Å². The first-order valence-corrected chi connectivity index (χ1v) is 14.9.